The number of alkyl halides is 3. The summed E-state index contributed by atoms with van der Waals surface area (Å²) in [5.74, 6) is 0.442. The second kappa shape index (κ2) is 6.41. The third-order valence-corrected chi connectivity index (χ3v) is 3.73. The van der Waals surface area contributed by atoms with Gasteiger partial charge in [-0.2, -0.15) is 0 Å². The first-order valence-corrected chi connectivity index (χ1v) is 7.29. The zero-order valence-electron chi connectivity index (χ0n) is 10.1. The standard InChI is InChI=1S/C12H16BrF2N3/c13-7-9-8-16-12(17-10(9)11(14)15)18-5-3-1-2-4-6-18/h8,11H,1-7H2. The maximum Gasteiger partial charge on any atom is 0.280 e. The van der Waals surface area contributed by atoms with Gasteiger partial charge in [0.1, 0.15) is 5.69 Å². The molecule has 0 aromatic carbocycles. The smallest absolute Gasteiger partial charge is 0.280 e. The first-order valence-electron chi connectivity index (χ1n) is 6.17. The van der Waals surface area contributed by atoms with Crippen LogP contribution in [0.3, 0.4) is 0 Å². The van der Waals surface area contributed by atoms with Crippen molar-refractivity contribution in [1.29, 1.82) is 0 Å². The van der Waals surface area contributed by atoms with Gasteiger partial charge in [0.05, 0.1) is 0 Å². The van der Waals surface area contributed by atoms with E-state index in [0.717, 1.165) is 25.9 Å². The van der Waals surface area contributed by atoms with Crippen LogP contribution < -0.4 is 4.90 Å². The van der Waals surface area contributed by atoms with Gasteiger partial charge in [-0.25, -0.2) is 18.7 Å². The maximum absolute atomic E-state index is 12.9. The Bertz CT molecular complexity index is 393. The van der Waals surface area contributed by atoms with Gasteiger partial charge in [-0.1, -0.05) is 28.8 Å². The van der Waals surface area contributed by atoms with Crippen molar-refractivity contribution in [3.05, 3.63) is 17.5 Å². The van der Waals surface area contributed by atoms with Gasteiger partial charge in [-0.3, -0.25) is 0 Å². The van der Waals surface area contributed by atoms with Crippen molar-refractivity contribution < 1.29 is 8.78 Å². The van der Waals surface area contributed by atoms with E-state index >= 15 is 0 Å². The summed E-state index contributed by atoms with van der Waals surface area (Å²) in [6, 6.07) is 0. The largest absolute Gasteiger partial charge is 0.341 e. The summed E-state index contributed by atoms with van der Waals surface area (Å²) in [5, 5.41) is 0.354. The molecule has 1 fully saturated rings. The van der Waals surface area contributed by atoms with Gasteiger partial charge in [-0.05, 0) is 12.8 Å². The highest BCUT2D eigenvalue weighted by Gasteiger charge is 2.19. The van der Waals surface area contributed by atoms with E-state index in [0.29, 0.717) is 16.8 Å². The Morgan fingerprint density at radius 3 is 2.44 bits per heavy atom. The number of hydrogen-bond donors (Lipinski definition) is 0. The summed E-state index contributed by atoms with van der Waals surface area (Å²) >= 11 is 3.18. The van der Waals surface area contributed by atoms with E-state index in [1.807, 2.05) is 4.90 Å². The molecule has 0 saturated carbocycles. The molecule has 1 saturated heterocycles. The number of hydrogen-bond acceptors (Lipinski definition) is 3. The minimum atomic E-state index is -2.55. The molecule has 0 spiro atoms. The van der Waals surface area contributed by atoms with Gasteiger partial charge in [0.2, 0.25) is 5.95 Å². The fraction of sp³-hybridized carbons (Fsp3) is 0.667. The highest BCUT2D eigenvalue weighted by atomic mass is 79.9. The van der Waals surface area contributed by atoms with Gasteiger partial charge in [0, 0.05) is 30.2 Å². The Balaban J connectivity index is 2.24. The molecule has 0 aliphatic carbocycles. The molecule has 1 aromatic rings. The average Bonchev–Trinajstić information content (AvgIpc) is 2.66. The minimum absolute atomic E-state index is 0.152. The monoisotopic (exact) mass is 319 g/mol. The van der Waals surface area contributed by atoms with E-state index in [2.05, 4.69) is 25.9 Å². The van der Waals surface area contributed by atoms with Crippen molar-refractivity contribution in [3.8, 4) is 0 Å². The van der Waals surface area contributed by atoms with Crippen LogP contribution >= 0.6 is 15.9 Å². The molecule has 0 radical (unpaired) electrons. The zero-order valence-corrected chi connectivity index (χ0v) is 11.7. The molecule has 1 aromatic heterocycles. The van der Waals surface area contributed by atoms with Gasteiger partial charge in [-0.15, -0.1) is 0 Å². The molecule has 0 bridgehead atoms. The molecule has 1 aliphatic rings. The van der Waals surface area contributed by atoms with E-state index in [1.165, 1.54) is 19.0 Å². The molecule has 0 N–H and O–H groups in total. The number of anilines is 1. The molecule has 2 heterocycles. The summed E-state index contributed by atoms with van der Waals surface area (Å²) in [6.45, 7) is 1.71. The Morgan fingerprint density at radius 2 is 1.89 bits per heavy atom. The summed E-state index contributed by atoms with van der Waals surface area (Å²) in [5.41, 5.74) is 0.310. The molecular formula is C12H16BrF2N3. The third-order valence-electron chi connectivity index (χ3n) is 3.12. The van der Waals surface area contributed by atoms with E-state index in [4.69, 9.17) is 0 Å². The molecule has 1 aliphatic heterocycles. The molecule has 6 heteroatoms. The van der Waals surface area contributed by atoms with Crippen molar-refractivity contribution in [2.75, 3.05) is 18.0 Å². The summed E-state index contributed by atoms with van der Waals surface area (Å²) in [4.78, 5) is 10.3. The van der Waals surface area contributed by atoms with Gasteiger partial charge < -0.3 is 4.90 Å². The summed E-state index contributed by atoms with van der Waals surface area (Å²) in [7, 11) is 0. The molecule has 100 valence electrons. The van der Waals surface area contributed by atoms with Crippen molar-refractivity contribution in [2.45, 2.75) is 37.4 Å². The Labute approximate surface area is 114 Å². The highest BCUT2D eigenvalue weighted by molar-refractivity contribution is 9.08. The van der Waals surface area contributed by atoms with Gasteiger partial charge in [0.25, 0.3) is 6.43 Å². The van der Waals surface area contributed by atoms with Crippen LogP contribution in [-0.2, 0) is 5.33 Å². The van der Waals surface area contributed by atoms with E-state index in [1.54, 1.807) is 0 Å². The number of rotatable bonds is 3. The second-order valence-electron chi connectivity index (χ2n) is 4.42. The van der Waals surface area contributed by atoms with Crippen molar-refractivity contribution in [2.24, 2.45) is 0 Å². The lowest BCUT2D eigenvalue weighted by molar-refractivity contribution is 0.145. The quantitative estimate of drug-likeness (QED) is 0.796. The zero-order chi connectivity index (χ0) is 13.0. The van der Waals surface area contributed by atoms with Crippen LogP contribution in [0.2, 0.25) is 0 Å². The fourth-order valence-electron chi connectivity index (χ4n) is 2.13. The van der Waals surface area contributed by atoms with E-state index < -0.39 is 6.43 Å². The topological polar surface area (TPSA) is 29.0 Å². The molecule has 2 rings (SSSR count). The first kappa shape index (κ1) is 13.6. The van der Waals surface area contributed by atoms with Gasteiger partial charge >= 0.3 is 0 Å². The lowest BCUT2D eigenvalue weighted by Crippen LogP contribution is -2.26. The third kappa shape index (κ3) is 3.16. The number of nitrogens with zero attached hydrogens (tertiary/aromatic N) is 3. The van der Waals surface area contributed by atoms with E-state index in [9.17, 15) is 8.78 Å². The summed E-state index contributed by atoms with van der Waals surface area (Å²) in [6.07, 6.45) is 3.49. The van der Waals surface area contributed by atoms with Crippen molar-refractivity contribution in [1.82, 2.24) is 9.97 Å². The minimum Gasteiger partial charge on any atom is -0.341 e. The van der Waals surface area contributed by atoms with Crippen LogP contribution in [0.25, 0.3) is 0 Å². The van der Waals surface area contributed by atoms with Crippen LogP contribution in [0.1, 0.15) is 43.4 Å². The van der Waals surface area contributed by atoms with Crippen LogP contribution in [0.5, 0.6) is 0 Å². The SMILES string of the molecule is FC(F)c1nc(N2CCCCCC2)ncc1CBr. The lowest BCUT2D eigenvalue weighted by atomic mass is 10.2. The Kier molecular flexibility index (Phi) is 4.86. The van der Waals surface area contributed by atoms with Crippen molar-refractivity contribution >= 4 is 21.9 Å². The molecule has 0 atom stereocenters. The van der Waals surface area contributed by atoms with Gasteiger partial charge in [0.15, 0.2) is 0 Å². The number of aromatic nitrogens is 2. The average molecular weight is 320 g/mol. The second-order valence-corrected chi connectivity index (χ2v) is 4.98. The normalized spacial score (nSPS) is 17.0. The molecule has 3 nitrogen and oxygen atoms in total. The Hall–Kier alpha value is -0.780. The lowest BCUT2D eigenvalue weighted by Gasteiger charge is -2.21. The predicted octanol–water partition coefficient (Wildman–Crippen LogP) is 3.69. The first-order chi connectivity index (χ1) is 8.72. The van der Waals surface area contributed by atoms with Crippen LogP contribution in [0.4, 0.5) is 14.7 Å². The molecular weight excluding hydrogens is 304 g/mol. The van der Waals surface area contributed by atoms with Crippen LogP contribution in [-0.4, -0.2) is 23.1 Å². The summed E-state index contributed by atoms with van der Waals surface area (Å²) < 4.78 is 25.8. The number of halogens is 3. The maximum atomic E-state index is 12.9. The van der Waals surface area contributed by atoms with E-state index in [-0.39, 0.29) is 5.69 Å². The highest BCUT2D eigenvalue weighted by Crippen LogP contribution is 2.25. The predicted molar refractivity (Wildman–Crippen MR) is 70.3 cm³/mol. The molecule has 0 unspecified atom stereocenters. The van der Waals surface area contributed by atoms with Crippen LogP contribution in [0, 0.1) is 0 Å². The molecule has 0 amide bonds. The fourth-order valence-corrected chi connectivity index (χ4v) is 2.56. The van der Waals surface area contributed by atoms with Crippen LogP contribution in [0.15, 0.2) is 6.20 Å². The molecule has 18 heavy (non-hydrogen) atoms. The van der Waals surface area contributed by atoms with Crippen molar-refractivity contribution in [3.63, 3.8) is 0 Å². The Morgan fingerprint density at radius 1 is 1.22 bits per heavy atom.